The number of halogens is 1. The van der Waals surface area contributed by atoms with Crippen molar-refractivity contribution in [3.63, 3.8) is 0 Å². The third-order valence-electron chi connectivity index (χ3n) is 6.61. The number of benzene rings is 1. The quantitative estimate of drug-likeness (QED) is 0.431. The number of nitrogens with one attached hydrogen (secondary N) is 1. The summed E-state index contributed by atoms with van der Waals surface area (Å²) in [6.07, 6.45) is 11.4. The lowest BCUT2D eigenvalue weighted by atomic mass is 9.97. The van der Waals surface area contributed by atoms with Gasteiger partial charge in [0.15, 0.2) is 0 Å². The van der Waals surface area contributed by atoms with E-state index in [0.29, 0.717) is 17.4 Å². The maximum atomic E-state index is 13.8. The predicted octanol–water partition coefficient (Wildman–Crippen LogP) is 6.60. The van der Waals surface area contributed by atoms with Crippen molar-refractivity contribution in [2.45, 2.75) is 46.0 Å². The van der Waals surface area contributed by atoms with Crippen molar-refractivity contribution >= 4 is 17.6 Å². The Morgan fingerprint density at radius 1 is 1.24 bits per heavy atom. The molecule has 1 N–H and O–H groups in total. The predicted molar refractivity (Wildman–Crippen MR) is 138 cm³/mol. The number of aromatic nitrogens is 3. The van der Waals surface area contributed by atoms with E-state index in [0.717, 1.165) is 60.6 Å². The highest BCUT2D eigenvalue weighted by Crippen LogP contribution is 2.31. The summed E-state index contributed by atoms with van der Waals surface area (Å²) in [6.45, 7) is 8.54. The molecule has 3 heterocycles. The summed E-state index contributed by atoms with van der Waals surface area (Å²) in [7, 11) is 2.14. The third-order valence-corrected chi connectivity index (χ3v) is 6.61. The Balaban J connectivity index is 1.75. The number of likely N-dealkylation sites (tertiary alicyclic amines) is 1. The lowest BCUT2D eigenvalue weighted by Gasteiger charge is -2.29. The van der Waals surface area contributed by atoms with Gasteiger partial charge in [-0.3, -0.25) is 4.98 Å². The fourth-order valence-corrected chi connectivity index (χ4v) is 4.31. The Labute approximate surface area is 202 Å². The molecule has 4 rings (SSSR count). The van der Waals surface area contributed by atoms with Crippen LogP contribution in [0.1, 0.15) is 56.0 Å². The monoisotopic (exact) mass is 459 g/mol. The van der Waals surface area contributed by atoms with E-state index in [1.807, 2.05) is 24.5 Å². The molecule has 1 aliphatic rings. The highest BCUT2D eigenvalue weighted by Gasteiger charge is 2.23. The summed E-state index contributed by atoms with van der Waals surface area (Å²) in [5.74, 6) is 1.98. The summed E-state index contributed by atoms with van der Waals surface area (Å²) < 4.78 is 13.8. The molecule has 3 aromatic rings. The van der Waals surface area contributed by atoms with Crippen molar-refractivity contribution in [2.24, 2.45) is 5.92 Å². The normalized spacial score (nSPS) is 17.7. The van der Waals surface area contributed by atoms with E-state index in [2.05, 4.69) is 55.2 Å². The molecule has 1 saturated heterocycles. The first-order valence-electron chi connectivity index (χ1n) is 12.2. The van der Waals surface area contributed by atoms with Gasteiger partial charge in [0.2, 0.25) is 0 Å². The van der Waals surface area contributed by atoms with Crippen molar-refractivity contribution < 1.29 is 4.39 Å². The van der Waals surface area contributed by atoms with Gasteiger partial charge in [0.1, 0.15) is 17.5 Å². The second-order valence-electron chi connectivity index (χ2n) is 9.38. The molecule has 1 aliphatic heterocycles. The summed E-state index contributed by atoms with van der Waals surface area (Å²) in [4.78, 5) is 16.7. The molecule has 1 aromatic carbocycles. The first-order valence-corrected chi connectivity index (χ1v) is 12.2. The smallest absolute Gasteiger partial charge is 0.135 e. The zero-order chi connectivity index (χ0) is 24.1. The SMILES string of the molecule is CCC(C)/C=C\c1cncc(-c2cc(Nc3cccc(F)c3)nc(C3CCCN(C)C3)n2)c1C. The van der Waals surface area contributed by atoms with Gasteiger partial charge in [0.25, 0.3) is 0 Å². The first-order chi connectivity index (χ1) is 16.4. The fraction of sp³-hybridized carbons (Fsp3) is 0.393. The molecule has 2 aromatic heterocycles. The minimum absolute atomic E-state index is 0.258. The van der Waals surface area contributed by atoms with Crippen LogP contribution in [0.25, 0.3) is 17.3 Å². The number of allylic oxidation sites excluding steroid dienone is 1. The Bertz CT molecular complexity index is 1160. The van der Waals surface area contributed by atoms with Gasteiger partial charge < -0.3 is 10.2 Å². The van der Waals surface area contributed by atoms with Crippen LogP contribution in [0.4, 0.5) is 15.9 Å². The van der Waals surface area contributed by atoms with E-state index >= 15 is 0 Å². The molecule has 2 unspecified atom stereocenters. The third kappa shape index (κ3) is 5.86. The number of anilines is 2. The van der Waals surface area contributed by atoms with E-state index in [4.69, 9.17) is 9.97 Å². The maximum Gasteiger partial charge on any atom is 0.135 e. The van der Waals surface area contributed by atoms with E-state index in [-0.39, 0.29) is 11.7 Å². The second-order valence-corrected chi connectivity index (χ2v) is 9.38. The Hall–Kier alpha value is -3.12. The van der Waals surface area contributed by atoms with E-state index in [1.165, 1.54) is 12.1 Å². The number of hydrogen-bond donors (Lipinski definition) is 1. The average Bonchev–Trinajstić information content (AvgIpc) is 2.83. The number of nitrogens with zero attached hydrogens (tertiary/aromatic N) is 4. The molecule has 6 heteroatoms. The van der Waals surface area contributed by atoms with Crippen molar-refractivity contribution in [1.29, 1.82) is 0 Å². The topological polar surface area (TPSA) is 53.9 Å². The second kappa shape index (κ2) is 10.9. The van der Waals surface area contributed by atoms with Crippen LogP contribution in [-0.4, -0.2) is 40.0 Å². The van der Waals surface area contributed by atoms with Gasteiger partial charge in [-0.05, 0) is 68.6 Å². The fourth-order valence-electron chi connectivity index (χ4n) is 4.31. The van der Waals surface area contributed by atoms with Crippen LogP contribution < -0.4 is 5.32 Å². The van der Waals surface area contributed by atoms with Crippen LogP contribution >= 0.6 is 0 Å². The Morgan fingerprint density at radius 3 is 2.85 bits per heavy atom. The van der Waals surface area contributed by atoms with Gasteiger partial charge >= 0.3 is 0 Å². The van der Waals surface area contributed by atoms with Crippen LogP contribution in [0.3, 0.4) is 0 Å². The number of pyridine rings is 1. The summed E-state index contributed by atoms with van der Waals surface area (Å²) in [6, 6.07) is 8.38. The van der Waals surface area contributed by atoms with Gasteiger partial charge in [-0.25, -0.2) is 14.4 Å². The van der Waals surface area contributed by atoms with Crippen LogP contribution in [0.2, 0.25) is 0 Å². The van der Waals surface area contributed by atoms with Crippen molar-refractivity contribution in [3.05, 3.63) is 71.6 Å². The molecular weight excluding hydrogens is 425 g/mol. The van der Waals surface area contributed by atoms with Crippen LogP contribution in [0.15, 0.2) is 48.8 Å². The highest BCUT2D eigenvalue weighted by atomic mass is 19.1. The number of piperidine rings is 1. The molecule has 0 spiro atoms. The lowest BCUT2D eigenvalue weighted by Crippen LogP contribution is -2.31. The van der Waals surface area contributed by atoms with Crippen LogP contribution in [0.5, 0.6) is 0 Å². The summed E-state index contributed by atoms with van der Waals surface area (Å²) in [5, 5.41) is 3.29. The molecule has 34 heavy (non-hydrogen) atoms. The molecule has 1 fully saturated rings. The largest absolute Gasteiger partial charge is 0.340 e. The molecule has 0 saturated carbocycles. The summed E-state index contributed by atoms with van der Waals surface area (Å²) >= 11 is 0. The van der Waals surface area contributed by atoms with Gasteiger partial charge in [-0.15, -0.1) is 0 Å². The first kappa shape index (κ1) is 24.0. The standard InChI is InChI=1S/C28H34FN5/c1-5-19(2)11-12-21-16-30-17-25(20(21)3)26-15-27(31-24-10-6-9-23(29)14-24)33-28(32-26)22-8-7-13-34(4)18-22/h6,9-12,14-17,19,22H,5,7-8,13,18H2,1-4H3,(H,31,32,33)/b12-11-. The molecule has 0 aliphatic carbocycles. The lowest BCUT2D eigenvalue weighted by molar-refractivity contribution is 0.246. The number of hydrogen-bond acceptors (Lipinski definition) is 5. The van der Waals surface area contributed by atoms with Gasteiger partial charge in [-0.2, -0.15) is 0 Å². The number of likely N-dealkylation sites (N-methyl/N-ethyl adjacent to an activating group) is 1. The minimum atomic E-state index is -0.283. The van der Waals surface area contributed by atoms with Gasteiger partial charge in [-0.1, -0.05) is 38.5 Å². The van der Waals surface area contributed by atoms with Crippen LogP contribution in [-0.2, 0) is 0 Å². The minimum Gasteiger partial charge on any atom is -0.340 e. The van der Waals surface area contributed by atoms with Crippen molar-refractivity contribution in [1.82, 2.24) is 19.9 Å². The Kier molecular flexibility index (Phi) is 7.68. The molecule has 2 atom stereocenters. The zero-order valence-electron chi connectivity index (χ0n) is 20.6. The van der Waals surface area contributed by atoms with E-state index in [9.17, 15) is 4.39 Å². The average molecular weight is 460 g/mol. The number of rotatable bonds is 7. The highest BCUT2D eigenvalue weighted by molar-refractivity contribution is 5.71. The zero-order valence-corrected chi connectivity index (χ0v) is 20.6. The van der Waals surface area contributed by atoms with Crippen molar-refractivity contribution in [3.8, 4) is 11.3 Å². The maximum absolute atomic E-state index is 13.8. The van der Waals surface area contributed by atoms with Gasteiger partial charge in [0, 0.05) is 42.2 Å². The van der Waals surface area contributed by atoms with E-state index < -0.39 is 0 Å². The molecule has 178 valence electrons. The van der Waals surface area contributed by atoms with Gasteiger partial charge in [0.05, 0.1) is 5.69 Å². The van der Waals surface area contributed by atoms with Crippen LogP contribution in [0, 0.1) is 18.7 Å². The molecule has 0 amide bonds. The molecule has 5 nitrogen and oxygen atoms in total. The van der Waals surface area contributed by atoms with E-state index in [1.54, 1.807) is 6.07 Å². The molecular formula is C28H34FN5. The van der Waals surface area contributed by atoms with Crippen molar-refractivity contribution in [2.75, 3.05) is 25.5 Å². The Morgan fingerprint density at radius 2 is 2.09 bits per heavy atom. The molecule has 0 radical (unpaired) electrons. The molecule has 0 bridgehead atoms. The summed E-state index contributed by atoms with van der Waals surface area (Å²) in [5.41, 5.74) is 4.71.